The summed E-state index contributed by atoms with van der Waals surface area (Å²) >= 11 is 13.3. The lowest BCUT2D eigenvalue weighted by Crippen LogP contribution is -2.49. The second kappa shape index (κ2) is 11.6. The number of para-hydroxylation sites is 1. The smallest absolute Gasteiger partial charge is 0.255 e. The van der Waals surface area contributed by atoms with Gasteiger partial charge in [0.1, 0.15) is 17.7 Å². The Labute approximate surface area is 231 Å². The van der Waals surface area contributed by atoms with Crippen molar-refractivity contribution in [2.45, 2.75) is 6.54 Å². The van der Waals surface area contributed by atoms with Gasteiger partial charge in [0.2, 0.25) is 0 Å². The van der Waals surface area contributed by atoms with Crippen LogP contribution in [0.25, 0.3) is 0 Å². The number of pyridine rings is 1. The van der Waals surface area contributed by atoms with Gasteiger partial charge in [-0.2, -0.15) is 5.26 Å². The fraction of sp³-hybridized carbons (Fsp3) is 0.321. The summed E-state index contributed by atoms with van der Waals surface area (Å²) in [5.41, 5.74) is 2.82. The van der Waals surface area contributed by atoms with Crippen LogP contribution < -0.4 is 9.80 Å². The van der Waals surface area contributed by atoms with Gasteiger partial charge in [-0.3, -0.25) is 9.69 Å². The third-order valence-corrected chi connectivity index (χ3v) is 7.92. The highest BCUT2D eigenvalue weighted by molar-refractivity contribution is 6.38. The highest BCUT2D eigenvalue weighted by Crippen LogP contribution is 2.31. The summed E-state index contributed by atoms with van der Waals surface area (Å²) in [5, 5.41) is 10.4. The summed E-state index contributed by atoms with van der Waals surface area (Å²) < 4.78 is 13.2. The maximum Gasteiger partial charge on any atom is 0.255 e. The minimum Gasteiger partial charge on any atom is -0.368 e. The van der Waals surface area contributed by atoms with Crippen LogP contribution in [0.4, 0.5) is 15.9 Å². The number of carbonyl (C=O) groups excluding carboxylic acids is 1. The van der Waals surface area contributed by atoms with E-state index in [0.717, 1.165) is 37.4 Å². The molecule has 3 heterocycles. The molecule has 0 spiro atoms. The molecule has 2 fully saturated rings. The molecule has 0 unspecified atom stereocenters. The molecule has 2 aromatic carbocycles. The van der Waals surface area contributed by atoms with E-state index in [2.05, 4.69) is 20.9 Å². The van der Waals surface area contributed by atoms with Gasteiger partial charge in [-0.05, 0) is 36.4 Å². The van der Waals surface area contributed by atoms with Crippen LogP contribution in [0, 0.1) is 17.1 Å². The zero-order valence-electron chi connectivity index (χ0n) is 20.8. The molecule has 0 aliphatic carbocycles. The predicted molar refractivity (Wildman–Crippen MR) is 147 cm³/mol. The predicted octanol–water partition coefficient (Wildman–Crippen LogP) is 4.68. The Bertz CT molecular complexity index is 1350. The zero-order valence-corrected chi connectivity index (χ0v) is 22.3. The third kappa shape index (κ3) is 5.56. The van der Waals surface area contributed by atoms with Crippen molar-refractivity contribution >= 4 is 40.6 Å². The van der Waals surface area contributed by atoms with Crippen LogP contribution in [0.2, 0.25) is 10.0 Å². The molecule has 1 amide bonds. The van der Waals surface area contributed by atoms with Gasteiger partial charge >= 0.3 is 0 Å². The van der Waals surface area contributed by atoms with Gasteiger partial charge in [0, 0.05) is 69.5 Å². The van der Waals surface area contributed by atoms with Gasteiger partial charge < -0.3 is 14.7 Å². The largest absolute Gasteiger partial charge is 0.368 e. The Morgan fingerprint density at radius 2 is 1.63 bits per heavy atom. The normalized spacial score (nSPS) is 16.4. The third-order valence-electron chi connectivity index (χ3n) is 7.14. The molecule has 3 aromatic rings. The number of piperazine rings is 2. The van der Waals surface area contributed by atoms with Gasteiger partial charge in [0.15, 0.2) is 0 Å². The van der Waals surface area contributed by atoms with Crippen LogP contribution in [0.3, 0.4) is 0 Å². The average molecular weight is 553 g/mol. The van der Waals surface area contributed by atoms with Gasteiger partial charge in [0.25, 0.3) is 5.91 Å². The number of amides is 1. The quantitative estimate of drug-likeness (QED) is 0.457. The Kier molecular flexibility index (Phi) is 7.98. The summed E-state index contributed by atoms with van der Waals surface area (Å²) in [7, 11) is 0. The van der Waals surface area contributed by atoms with Crippen LogP contribution >= 0.6 is 23.2 Å². The monoisotopic (exact) mass is 552 g/mol. The van der Waals surface area contributed by atoms with Crippen molar-refractivity contribution in [3.63, 3.8) is 0 Å². The van der Waals surface area contributed by atoms with Crippen molar-refractivity contribution < 1.29 is 9.18 Å². The number of nitrogens with zero attached hydrogens (tertiary/aromatic N) is 6. The molecule has 196 valence electrons. The number of rotatable bonds is 5. The molecule has 7 nitrogen and oxygen atoms in total. The van der Waals surface area contributed by atoms with E-state index >= 15 is 0 Å². The fourth-order valence-electron chi connectivity index (χ4n) is 4.99. The Hall–Kier alpha value is -3.38. The lowest BCUT2D eigenvalue weighted by Gasteiger charge is -2.37. The minimum absolute atomic E-state index is 0.127. The number of halogens is 3. The van der Waals surface area contributed by atoms with E-state index in [4.69, 9.17) is 23.2 Å². The number of hydrogen-bond acceptors (Lipinski definition) is 6. The summed E-state index contributed by atoms with van der Waals surface area (Å²) in [4.78, 5) is 25.8. The highest BCUT2D eigenvalue weighted by Gasteiger charge is 2.27. The van der Waals surface area contributed by atoms with E-state index in [0.29, 0.717) is 59.7 Å². The first-order valence-corrected chi connectivity index (χ1v) is 13.3. The molecule has 0 N–H and O–H groups in total. The standard InChI is InChI=1S/C28H27Cl2FN6O/c29-24-7-6-22(28(38)37-15-13-36(14-16-37)26-8-5-21(31)18-33-26)27(30)23(24)19-34-9-11-35(12-10-34)25-4-2-1-3-20(25)17-32/h1-8,18H,9-16,19H2. The summed E-state index contributed by atoms with van der Waals surface area (Å²) in [6.07, 6.45) is 1.20. The molecule has 2 aliphatic rings. The molecule has 2 aliphatic heterocycles. The summed E-state index contributed by atoms with van der Waals surface area (Å²) in [5.74, 6) is 0.195. The number of nitriles is 1. The first kappa shape index (κ1) is 26.2. The lowest BCUT2D eigenvalue weighted by molar-refractivity contribution is 0.0746. The van der Waals surface area contributed by atoms with Crippen LogP contribution in [0.5, 0.6) is 0 Å². The van der Waals surface area contributed by atoms with Crippen LogP contribution in [-0.2, 0) is 6.54 Å². The molecule has 10 heteroatoms. The number of hydrogen-bond donors (Lipinski definition) is 0. The number of benzene rings is 2. The van der Waals surface area contributed by atoms with E-state index in [1.165, 1.54) is 12.3 Å². The second-order valence-corrected chi connectivity index (χ2v) is 10.2. The molecule has 5 rings (SSSR count). The van der Waals surface area contributed by atoms with Gasteiger partial charge in [-0.1, -0.05) is 35.3 Å². The van der Waals surface area contributed by atoms with Gasteiger partial charge in [-0.15, -0.1) is 0 Å². The molecule has 1 aromatic heterocycles. The van der Waals surface area contributed by atoms with Crippen molar-refractivity contribution in [1.82, 2.24) is 14.8 Å². The molecule has 0 saturated carbocycles. The van der Waals surface area contributed by atoms with E-state index in [1.54, 1.807) is 23.1 Å². The molecule has 0 bridgehead atoms. The summed E-state index contributed by atoms with van der Waals surface area (Å²) in [6, 6.07) is 16.4. The minimum atomic E-state index is -0.373. The molecular weight excluding hydrogens is 526 g/mol. The van der Waals surface area contributed by atoms with E-state index in [1.807, 2.05) is 29.2 Å². The Balaban J connectivity index is 1.22. The first-order valence-electron chi connectivity index (χ1n) is 12.5. The zero-order chi connectivity index (χ0) is 26.6. The maximum absolute atomic E-state index is 13.4. The van der Waals surface area contributed by atoms with Gasteiger partial charge in [0.05, 0.1) is 28.0 Å². The van der Waals surface area contributed by atoms with Crippen molar-refractivity contribution in [2.75, 3.05) is 62.2 Å². The van der Waals surface area contributed by atoms with E-state index < -0.39 is 0 Å². The first-order chi connectivity index (χ1) is 18.4. The van der Waals surface area contributed by atoms with Gasteiger partial charge in [-0.25, -0.2) is 9.37 Å². The number of anilines is 2. The van der Waals surface area contributed by atoms with Crippen molar-refractivity contribution in [3.8, 4) is 6.07 Å². The van der Waals surface area contributed by atoms with Crippen LogP contribution in [0.1, 0.15) is 21.5 Å². The maximum atomic E-state index is 13.4. The average Bonchev–Trinajstić information content (AvgIpc) is 2.96. The number of carbonyl (C=O) groups is 1. The summed E-state index contributed by atoms with van der Waals surface area (Å²) in [6.45, 7) is 5.88. The van der Waals surface area contributed by atoms with Crippen molar-refractivity contribution in [2.24, 2.45) is 0 Å². The SMILES string of the molecule is N#Cc1ccccc1N1CCN(Cc2c(Cl)ccc(C(=O)N3CCN(c4ccc(F)cn4)CC3)c2Cl)CC1. The van der Waals surface area contributed by atoms with Crippen molar-refractivity contribution in [3.05, 3.63) is 87.3 Å². The van der Waals surface area contributed by atoms with Crippen LogP contribution in [-0.4, -0.2) is 73.0 Å². The molecule has 0 atom stereocenters. The number of aromatic nitrogens is 1. The molecule has 2 saturated heterocycles. The van der Waals surface area contributed by atoms with E-state index in [9.17, 15) is 14.4 Å². The van der Waals surface area contributed by atoms with Crippen LogP contribution in [0.15, 0.2) is 54.7 Å². The lowest BCUT2D eigenvalue weighted by atomic mass is 10.1. The molecular formula is C28H27Cl2FN6O. The highest BCUT2D eigenvalue weighted by atomic mass is 35.5. The fourth-order valence-corrected chi connectivity index (χ4v) is 5.56. The van der Waals surface area contributed by atoms with Crippen molar-refractivity contribution in [1.29, 1.82) is 5.26 Å². The van der Waals surface area contributed by atoms with E-state index in [-0.39, 0.29) is 11.7 Å². The molecule has 0 radical (unpaired) electrons. The molecule has 38 heavy (non-hydrogen) atoms. The Morgan fingerprint density at radius 1 is 0.921 bits per heavy atom. The Morgan fingerprint density at radius 3 is 2.32 bits per heavy atom. The topological polar surface area (TPSA) is 66.7 Å². The second-order valence-electron chi connectivity index (χ2n) is 9.39.